The number of ether oxygens (including phenoxy) is 1. The Bertz CT molecular complexity index is 399. The summed E-state index contributed by atoms with van der Waals surface area (Å²) in [7, 11) is 0. The molecule has 3 nitrogen and oxygen atoms in total. The van der Waals surface area contributed by atoms with Crippen LogP contribution < -0.4 is 10.5 Å². The van der Waals surface area contributed by atoms with Crippen molar-refractivity contribution >= 4 is 12.4 Å². The Morgan fingerprint density at radius 2 is 1.84 bits per heavy atom. The highest BCUT2D eigenvalue weighted by Crippen LogP contribution is 2.27. The third-order valence-electron chi connectivity index (χ3n) is 2.53. The van der Waals surface area contributed by atoms with E-state index in [4.69, 9.17) is 5.73 Å². The molecule has 1 aromatic rings. The van der Waals surface area contributed by atoms with Crippen molar-refractivity contribution in [2.24, 2.45) is 11.7 Å². The molecule has 0 fully saturated rings. The molecule has 7 heteroatoms. The number of aliphatic hydroxyl groups excluding tert-OH is 1. The molecule has 0 spiro atoms. The van der Waals surface area contributed by atoms with Crippen LogP contribution in [0, 0.1) is 5.92 Å². The fraction of sp³-hybridized carbons (Fsp3) is 0.500. The van der Waals surface area contributed by atoms with Crippen LogP contribution in [0.1, 0.15) is 25.5 Å². The van der Waals surface area contributed by atoms with E-state index in [9.17, 15) is 18.3 Å². The van der Waals surface area contributed by atoms with Gasteiger partial charge in [-0.2, -0.15) is 0 Å². The van der Waals surface area contributed by atoms with E-state index < -0.39 is 18.5 Å². The second-order valence-electron chi connectivity index (χ2n) is 4.38. The molecular weight excluding hydrogens is 283 g/mol. The Hall–Kier alpha value is -0.980. The summed E-state index contributed by atoms with van der Waals surface area (Å²) >= 11 is 0. The molecule has 0 radical (unpaired) electrons. The number of nitrogens with two attached hydrogens (primary N) is 1. The first kappa shape index (κ1) is 18.0. The number of hydrogen-bond donors (Lipinski definition) is 2. The normalized spacial score (nSPS) is 14.7. The van der Waals surface area contributed by atoms with Gasteiger partial charge in [-0.3, -0.25) is 0 Å². The van der Waals surface area contributed by atoms with E-state index >= 15 is 0 Å². The minimum Gasteiger partial charge on any atom is -0.406 e. The Balaban J connectivity index is 0.00000324. The molecule has 0 amide bonds. The Morgan fingerprint density at radius 1 is 1.26 bits per heavy atom. The van der Waals surface area contributed by atoms with Crippen molar-refractivity contribution in [3.63, 3.8) is 0 Å². The third-order valence-corrected chi connectivity index (χ3v) is 2.53. The lowest BCUT2D eigenvalue weighted by Gasteiger charge is -2.22. The zero-order valence-electron chi connectivity index (χ0n) is 10.5. The van der Waals surface area contributed by atoms with Crippen molar-refractivity contribution in [2.75, 3.05) is 0 Å². The zero-order valence-corrected chi connectivity index (χ0v) is 11.3. The van der Waals surface area contributed by atoms with E-state index in [-0.39, 0.29) is 24.1 Å². The molecule has 3 N–H and O–H groups in total. The average Bonchev–Trinajstić information content (AvgIpc) is 2.25. The van der Waals surface area contributed by atoms with Gasteiger partial charge in [0, 0.05) is 0 Å². The van der Waals surface area contributed by atoms with Crippen molar-refractivity contribution in [3.05, 3.63) is 29.8 Å². The summed E-state index contributed by atoms with van der Waals surface area (Å²) < 4.78 is 40.0. The predicted molar refractivity (Wildman–Crippen MR) is 68.1 cm³/mol. The molecule has 0 aromatic heterocycles. The van der Waals surface area contributed by atoms with E-state index in [2.05, 4.69) is 4.74 Å². The summed E-state index contributed by atoms with van der Waals surface area (Å²) in [5.74, 6) is -0.432. The molecule has 0 saturated heterocycles. The molecule has 2 atom stereocenters. The minimum absolute atomic E-state index is 0. The van der Waals surface area contributed by atoms with Crippen molar-refractivity contribution in [2.45, 2.75) is 32.4 Å². The van der Waals surface area contributed by atoms with Crippen LogP contribution in [0.3, 0.4) is 0 Å². The van der Waals surface area contributed by atoms with Crippen molar-refractivity contribution < 1.29 is 23.0 Å². The van der Waals surface area contributed by atoms with Crippen LogP contribution >= 0.6 is 12.4 Å². The summed E-state index contributed by atoms with van der Waals surface area (Å²) in [6, 6.07) is 4.58. The highest BCUT2D eigenvalue weighted by Gasteiger charge is 2.31. The maximum absolute atomic E-state index is 12.1. The molecule has 0 aliphatic rings. The van der Waals surface area contributed by atoms with E-state index in [0.717, 1.165) is 0 Å². The summed E-state index contributed by atoms with van der Waals surface area (Å²) in [5.41, 5.74) is 6.19. The van der Waals surface area contributed by atoms with Crippen LogP contribution in [0.25, 0.3) is 0 Å². The SMILES string of the molecule is CC(C)[C@@H](O)[C@@H](N)c1cccc(OC(F)(F)F)c1.Cl. The van der Waals surface area contributed by atoms with E-state index in [1.807, 2.05) is 0 Å². The van der Waals surface area contributed by atoms with Gasteiger partial charge in [0.2, 0.25) is 0 Å². The van der Waals surface area contributed by atoms with Crippen LogP contribution in [0.15, 0.2) is 24.3 Å². The fourth-order valence-corrected chi connectivity index (χ4v) is 1.53. The molecule has 0 unspecified atom stereocenters. The molecule has 0 aliphatic carbocycles. The highest BCUT2D eigenvalue weighted by atomic mass is 35.5. The topological polar surface area (TPSA) is 55.5 Å². The minimum atomic E-state index is -4.74. The number of benzene rings is 1. The van der Waals surface area contributed by atoms with Crippen molar-refractivity contribution in [1.82, 2.24) is 0 Å². The van der Waals surface area contributed by atoms with Crippen molar-refractivity contribution in [3.8, 4) is 5.75 Å². The van der Waals surface area contributed by atoms with Crippen LogP contribution in [0.2, 0.25) is 0 Å². The van der Waals surface area contributed by atoms with Gasteiger partial charge in [-0.05, 0) is 23.6 Å². The maximum Gasteiger partial charge on any atom is 0.573 e. The van der Waals surface area contributed by atoms with Crippen molar-refractivity contribution in [1.29, 1.82) is 0 Å². The van der Waals surface area contributed by atoms with Crippen LogP contribution in [0.5, 0.6) is 5.75 Å². The van der Waals surface area contributed by atoms with Gasteiger partial charge in [0.25, 0.3) is 0 Å². The van der Waals surface area contributed by atoms with Gasteiger partial charge < -0.3 is 15.6 Å². The predicted octanol–water partition coefficient (Wildman–Crippen LogP) is 3.02. The Morgan fingerprint density at radius 3 is 2.32 bits per heavy atom. The van der Waals surface area contributed by atoms with Gasteiger partial charge in [0.1, 0.15) is 5.75 Å². The van der Waals surface area contributed by atoms with Gasteiger partial charge in [-0.25, -0.2) is 0 Å². The van der Waals surface area contributed by atoms with Crippen LogP contribution in [-0.4, -0.2) is 17.6 Å². The molecule has 0 saturated carbocycles. The molecular formula is C12H17ClF3NO2. The molecule has 1 aromatic carbocycles. The molecule has 19 heavy (non-hydrogen) atoms. The van der Waals surface area contributed by atoms with Gasteiger partial charge >= 0.3 is 6.36 Å². The molecule has 110 valence electrons. The summed E-state index contributed by atoms with van der Waals surface area (Å²) in [4.78, 5) is 0. The Kier molecular flexibility index (Phi) is 6.62. The number of aliphatic hydroxyl groups is 1. The molecule has 0 bridgehead atoms. The monoisotopic (exact) mass is 299 g/mol. The first-order valence-corrected chi connectivity index (χ1v) is 5.50. The van der Waals surface area contributed by atoms with Crippen LogP contribution in [-0.2, 0) is 0 Å². The number of alkyl halides is 3. The Labute approximate surface area is 116 Å². The van der Waals surface area contributed by atoms with Gasteiger partial charge in [0.05, 0.1) is 12.1 Å². The van der Waals surface area contributed by atoms with Crippen LogP contribution in [0.4, 0.5) is 13.2 Å². The smallest absolute Gasteiger partial charge is 0.406 e. The molecule has 0 aliphatic heterocycles. The van der Waals surface area contributed by atoms with E-state index in [0.29, 0.717) is 5.56 Å². The zero-order chi connectivity index (χ0) is 13.9. The van der Waals surface area contributed by atoms with E-state index in [1.54, 1.807) is 19.9 Å². The van der Waals surface area contributed by atoms with Gasteiger partial charge in [-0.15, -0.1) is 25.6 Å². The fourth-order valence-electron chi connectivity index (χ4n) is 1.53. The first-order chi connectivity index (χ1) is 8.20. The quantitative estimate of drug-likeness (QED) is 0.898. The second-order valence-corrected chi connectivity index (χ2v) is 4.38. The average molecular weight is 300 g/mol. The lowest BCUT2D eigenvalue weighted by Crippen LogP contribution is -2.30. The number of hydrogen-bond acceptors (Lipinski definition) is 3. The maximum atomic E-state index is 12.1. The summed E-state index contributed by atoms with van der Waals surface area (Å²) in [5, 5.41) is 9.78. The summed E-state index contributed by atoms with van der Waals surface area (Å²) in [6.45, 7) is 3.56. The largest absolute Gasteiger partial charge is 0.573 e. The number of rotatable bonds is 4. The van der Waals surface area contributed by atoms with Gasteiger partial charge in [-0.1, -0.05) is 26.0 Å². The first-order valence-electron chi connectivity index (χ1n) is 5.50. The number of halogens is 4. The molecule has 0 heterocycles. The second kappa shape index (κ2) is 6.98. The summed E-state index contributed by atoms with van der Waals surface area (Å²) in [6.07, 6.45) is -5.56. The lowest BCUT2D eigenvalue weighted by atomic mass is 9.94. The standard InChI is InChI=1S/C12H16F3NO2.ClH/c1-7(2)11(17)10(16)8-4-3-5-9(6-8)18-12(13,14)15;/h3-7,10-11,17H,16H2,1-2H3;1H/t10-,11+;/m0./s1. The van der Waals surface area contributed by atoms with E-state index in [1.165, 1.54) is 18.2 Å². The third kappa shape index (κ3) is 5.67. The molecule has 1 rings (SSSR count). The highest BCUT2D eigenvalue weighted by molar-refractivity contribution is 5.85. The van der Waals surface area contributed by atoms with Gasteiger partial charge in [0.15, 0.2) is 0 Å². The lowest BCUT2D eigenvalue weighted by molar-refractivity contribution is -0.274.